The molecule has 0 bridgehead atoms. The molecule has 4 heteroatoms. The van der Waals surface area contributed by atoms with E-state index in [9.17, 15) is 9.59 Å². The van der Waals surface area contributed by atoms with Gasteiger partial charge in [0.1, 0.15) is 0 Å². The molecular formula is C24H22N2O2. The van der Waals surface area contributed by atoms with Crippen LogP contribution in [-0.4, -0.2) is 28.2 Å². The summed E-state index contributed by atoms with van der Waals surface area (Å²) in [5.41, 5.74) is 5.33. The van der Waals surface area contributed by atoms with Crippen LogP contribution in [0.1, 0.15) is 41.8 Å². The zero-order valence-corrected chi connectivity index (χ0v) is 16.1. The first kappa shape index (κ1) is 18.0. The maximum Gasteiger partial charge on any atom is 0.263 e. The quantitative estimate of drug-likeness (QED) is 0.784. The van der Waals surface area contributed by atoms with Crippen LogP contribution in [-0.2, 0) is 4.79 Å². The third-order valence-electron chi connectivity index (χ3n) is 5.02. The van der Waals surface area contributed by atoms with Crippen LogP contribution < -0.4 is 0 Å². The first-order chi connectivity index (χ1) is 13.6. The third-order valence-corrected chi connectivity index (χ3v) is 5.02. The van der Waals surface area contributed by atoms with Gasteiger partial charge in [-0.2, -0.15) is 0 Å². The van der Waals surface area contributed by atoms with Crippen molar-refractivity contribution in [3.8, 4) is 0 Å². The highest BCUT2D eigenvalue weighted by Crippen LogP contribution is 2.41. The van der Waals surface area contributed by atoms with Crippen molar-refractivity contribution in [2.75, 3.05) is 6.54 Å². The molecule has 2 aromatic rings. The van der Waals surface area contributed by atoms with E-state index >= 15 is 0 Å². The summed E-state index contributed by atoms with van der Waals surface area (Å²) in [4.78, 5) is 28.5. The number of carbonyl (C=O) groups is 2. The van der Waals surface area contributed by atoms with Gasteiger partial charge in [0.25, 0.3) is 5.91 Å². The molecule has 0 aliphatic carbocycles. The maximum absolute atomic E-state index is 12.9. The van der Waals surface area contributed by atoms with Gasteiger partial charge in [0.2, 0.25) is 5.91 Å². The standard InChI is InChI=1S/C24H22N2O2/c1-3-13-25(17(2)27)15-19-14-23-20-11-7-8-12-21(20)24(28)26(23)16-22(19)18-9-5-4-6-10-18/h4-12,14-16H,3,13H2,1-2H3. The number of fused-ring (bicyclic) bond motifs is 3. The van der Waals surface area contributed by atoms with E-state index in [1.807, 2.05) is 73.1 Å². The Morgan fingerprint density at radius 3 is 2.39 bits per heavy atom. The number of amides is 2. The van der Waals surface area contributed by atoms with Crippen molar-refractivity contribution in [3.63, 3.8) is 0 Å². The molecule has 4 nitrogen and oxygen atoms in total. The van der Waals surface area contributed by atoms with E-state index in [1.54, 1.807) is 16.7 Å². The van der Waals surface area contributed by atoms with E-state index in [-0.39, 0.29) is 11.8 Å². The van der Waals surface area contributed by atoms with Gasteiger partial charge in [0, 0.05) is 48.1 Å². The first-order valence-corrected chi connectivity index (χ1v) is 9.51. The lowest BCUT2D eigenvalue weighted by molar-refractivity contribution is -0.126. The maximum atomic E-state index is 12.9. The molecule has 0 spiro atoms. The second-order valence-corrected chi connectivity index (χ2v) is 6.96. The Morgan fingerprint density at radius 2 is 1.71 bits per heavy atom. The highest BCUT2D eigenvalue weighted by atomic mass is 16.2. The molecule has 0 saturated carbocycles. The number of rotatable bonds is 4. The molecule has 140 valence electrons. The van der Waals surface area contributed by atoms with E-state index in [2.05, 4.69) is 6.92 Å². The van der Waals surface area contributed by atoms with Crippen LogP contribution in [0.5, 0.6) is 0 Å². The second-order valence-electron chi connectivity index (χ2n) is 6.96. The Morgan fingerprint density at radius 1 is 1.04 bits per heavy atom. The van der Waals surface area contributed by atoms with Crippen molar-refractivity contribution in [1.29, 1.82) is 0 Å². The molecule has 2 aliphatic heterocycles. The molecule has 0 atom stereocenters. The number of carbonyl (C=O) groups excluding carboxylic acids is 2. The minimum atomic E-state index is -0.0219. The summed E-state index contributed by atoms with van der Waals surface area (Å²) in [6, 6.07) is 17.6. The predicted molar refractivity (Wildman–Crippen MR) is 111 cm³/mol. The third kappa shape index (κ3) is 3.07. The molecule has 2 aliphatic rings. The van der Waals surface area contributed by atoms with Crippen LogP contribution in [0.4, 0.5) is 0 Å². The molecule has 0 aromatic heterocycles. The Hall–Kier alpha value is -3.40. The minimum Gasteiger partial charge on any atom is -0.319 e. The van der Waals surface area contributed by atoms with Crippen molar-refractivity contribution in [1.82, 2.24) is 9.80 Å². The van der Waals surface area contributed by atoms with Gasteiger partial charge in [-0.1, -0.05) is 55.5 Å². The fourth-order valence-corrected chi connectivity index (χ4v) is 3.65. The zero-order valence-electron chi connectivity index (χ0n) is 16.1. The van der Waals surface area contributed by atoms with Gasteiger partial charge in [-0.05, 0) is 24.1 Å². The van der Waals surface area contributed by atoms with Gasteiger partial charge < -0.3 is 4.90 Å². The Kier molecular flexibility index (Phi) is 4.70. The molecule has 0 radical (unpaired) electrons. The van der Waals surface area contributed by atoms with E-state index in [0.717, 1.165) is 34.4 Å². The van der Waals surface area contributed by atoms with Crippen LogP contribution >= 0.6 is 0 Å². The monoisotopic (exact) mass is 370 g/mol. The van der Waals surface area contributed by atoms with Crippen molar-refractivity contribution in [3.05, 3.63) is 95.3 Å². The molecule has 2 aromatic carbocycles. The summed E-state index contributed by atoms with van der Waals surface area (Å²) < 4.78 is 0. The fraction of sp³-hybridized carbons (Fsp3) is 0.167. The Bertz CT molecular complexity index is 1030. The molecular weight excluding hydrogens is 348 g/mol. The number of benzene rings is 2. The number of allylic oxidation sites excluding steroid dienone is 3. The van der Waals surface area contributed by atoms with Gasteiger partial charge in [0.15, 0.2) is 0 Å². The normalized spacial score (nSPS) is 16.4. The Labute approximate surface area is 165 Å². The van der Waals surface area contributed by atoms with E-state index in [4.69, 9.17) is 0 Å². The summed E-state index contributed by atoms with van der Waals surface area (Å²) >= 11 is 0. The average Bonchev–Trinajstić information content (AvgIpc) is 2.99. The van der Waals surface area contributed by atoms with Crippen LogP contribution in [0.25, 0.3) is 11.3 Å². The summed E-state index contributed by atoms with van der Waals surface area (Å²) in [5.74, 6) is -0.0168. The van der Waals surface area contributed by atoms with Gasteiger partial charge in [0.05, 0.1) is 5.70 Å². The zero-order chi connectivity index (χ0) is 19.7. The molecule has 0 saturated heterocycles. The predicted octanol–water partition coefficient (Wildman–Crippen LogP) is 4.68. The van der Waals surface area contributed by atoms with Crippen LogP contribution in [0.2, 0.25) is 0 Å². The summed E-state index contributed by atoms with van der Waals surface area (Å²) in [6.07, 6.45) is 6.68. The number of hydrogen-bond acceptors (Lipinski definition) is 2. The smallest absolute Gasteiger partial charge is 0.263 e. The van der Waals surface area contributed by atoms with Gasteiger partial charge >= 0.3 is 0 Å². The van der Waals surface area contributed by atoms with Gasteiger partial charge in [-0.3, -0.25) is 14.5 Å². The van der Waals surface area contributed by atoms with E-state index in [1.165, 1.54) is 0 Å². The fourth-order valence-electron chi connectivity index (χ4n) is 3.65. The highest BCUT2D eigenvalue weighted by Gasteiger charge is 2.34. The lowest BCUT2D eigenvalue weighted by Gasteiger charge is -2.25. The molecule has 0 unspecified atom stereocenters. The van der Waals surface area contributed by atoms with Crippen LogP contribution in [0.3, 0.4) is 0 Å². The topological polar surface area (TPSA) is 40.6 Å². The largest absolute Gasteiger partial charge is 0.319 e. The van der Waals surface area contributed by atoms with Crippen molar-refractivity contribution >= 4 is 23.1 Å². The van der Waals surface area contributed by atoms with Crippen molar-refractivity contribution in [2.45, 2.75) is 20.3 Å². The average molecular weight is 370 g/mol. The summed E-state index contributed by atoms with van der Waals surface area (Å²) in [7, 11) is 0. The van der Waals surface area contributed by atoms with E-state index < -0.39 is 0 Å². The van der Waals surface area contributed by atoms with Gasteiger partial charge in [-0.25, -0.2) is 0 Å². The van der Waals surface area contributed by atoms with Crippen molar-refractivity contribution < 1.29 is 9.59 Å². The van der Waals surface area contributed by atoms with Crippen LogP contribution in [0, 0.1) is 0 Å². The lowest BCUT2D eigenvalue weighted by Crippen LogP contribution is -2.25. The first-order valence-electron chi connectivity index (χ1n) is 9.51. The summed E-state index contributed by atoms with van der Waals surface area (Å²) in [6.45, 7) is 4.29. The molecule has 0 N–H and O–H groups in total. The van der Waals surface area contributed by atoms with Gasteiger partial charge in [-0.15, -0.1) is 0 Å². The molecule has 28 heavy (non-hydrogen) atoms. The second kappa shape index (κ2) is 7.31. The minimum absolute atomic E-state index is 0.00508. The van der Waals surface area contributed by atoms with Crippen LogP contribution in [0.15, 0.2) is 78.6 Å². The molecule has 2 amide bonds. The Balaban J connectivity index is 1.87. The highest BCUT2D eigenvalue weighted by molar-refractivity contribution is 6.12. The SMILES string of the molecule is CCCN(C=C1C=C2c3ccccc3C(=O)N2C=C1c1ccccc1)C(C)=O. The number of nitrogens with zero attached hydrogens (tertiary/aromatic N) is 2. The van der Waals surface area contributed by atoms with E-state index in [0.29, 0.717) is 12.1 Å². The number of hydrogen-bond donors (Lipinski definition) is 0. The van der Waals surface area contributed by atoms with Crippen molar-refractivity contribution in [2.24, 2.45) is 0 Å². The molecule has 0 fully saturated rings. The molecule has 4 rings (SSSR count). The lowest BCUT2D eigenvalue weighted by atomic mass is 9.95. The molecule has 2 heterocycles. The summed E-state index contributed by atoms with van der Waals surface area (Å²) in [5, 5.41) is 0.